The Kier molecular flexibility index (Phi) is 5.06. The molecule has 0 N–H and O–H groups in total. The molecule has 0 saturated carbocycles. The molecule has 0 unspecified atom stereocenters. The van der Waals surface area contributed by atoms with Crippen molar-refractivity contribution in [3.8, 4) is 11.4 Å². The maximum atomic E-state index is 2.55. The minimum Gasteiger partial charge on any atom is -0.310 e. The molecule has 0 spiro atoms. The van der Waals surface area contributed by atoms with E-state index in [9.17, 15) is 0 Å². The largest absolute Gasteiger partial charge is 0.310 e. The van der Waals surface area contributed by atoms with Crippen molar-refractivity contribution in [2.75, 3.05) is 4.90 Å². The van der Waals surface area contributed by atoms with E-state index in [2.05, 4.69) is 173 Å². The zero-order valence-corrected chi connectivity index (χ0v) is 26.8. The Labute approximate surface area is 279 Å². The van der Waals surface area contributed by atoms with Crippen LogP contribution >= 0.6 is 0 Å². The highest BCUT2D eigenvalue weighted by Gasteiger charge is 2.41. The van der Waals surface area contributed by atoms with Crippen LogP contribution in [0, 0.1) is 13.8 Å². The SMILES string of the molecule is Cc1ccc(N(c2ccc(C)cc2)c2cc3c4c(c2)-n2c5ccccc5c5cccc(c52)B4c2cccc4c5ccccc5n-3c24)cc1. The second-order valence-electron chi connectivity index (χ2n) is 13.5. The Hall–Kier alpha value is -6.00. The van der Waals surface area contributed by atoms with E-state index in [4.69, 9.17) is 0 Å². The van der Waals surface area contributed by atoms with Crippen LogP contribution in [0.4, 0.5) is 17.1 Å². The zero-order chi connectivity index (χ0) is 31.7. The van der Waals surface area contributed by atoms with Crippen molar-refractivity contribution >= 4 is 83.8 Å². The van der Waals surface area contributed by atoms with Crippen LogP contribution in [-0.4, -0.2) is 15.8 Å². The van der Waals surface area contributed by atoms with E-state index < -0.39 is 0 Å². The molecular formula is C44H30BN3. The Balaban J connectivity index is 1.34. The van der Waals surface area contributed by atoms with Gasteiger partial charge in [0.15, 0.2) is 0 Å². The number of fused-ring (bicyclic) bond motifs is 10. The minimum absolute atomic E-state index is 0.122. The van der Waals surface area contributed by atoms with Gasteiger partial charge in [0.1, 0.15) is 0 Å². The van der Waals surface area contributed by atoms with Gasteiger partial charge in [-0.3, -0.25) is 0 Å². The molecule has 0 radical (unpaired) electrons. The average molecular weight is 612 g/mol. The van der Waals surface area contributed by atoms with Crippen molar-refractivity contribution in [1.82, 2.24) is 9.13 Å². The topological polar surface area (TPSA) is 13.1 Å². The Morgan fingerprint density at radius 2 is 0.875 bits per heavy atom. The zero-order valence-electron chi connectivity index (χ0n) is 26.8. The molecule has 9 aromatic rings. The van der Waals surface area contributed by atoms with Crippen LogP contribution in [-0.2, 0) is 0 Å². The maximum absolute atomic E-state index is 2.55. The number of nitrogens with zero attached hydrogens (tertiary/aromatic N) is 3. The Bertz CT molecular complexity index is 2610. The molecule has 0 atom stereocenters. The van der Waals surface area contributed by atoms with Gasteiger partial charge in [-0.15, -0.1) is 0 Å². The summed E-state index contributed by atoms with van der Waals surface area (Å²) in [5.74, 6) is 0. The predicted molar refractivity (Wildman–Crippen MR) is 204 cm³/mol. The molecule has 4 heteroatoms. The van der Waals surface area contributed by atoms with Gasteiger partial charge in [-0.1, -0.05) is 108 Å². The third-order valence-electron chi connectivity index (χ3n) is 10.8. The van der Waals surface area contributed by atoms with Gasteiger partial charge in [0.05, 0.1) is 16.7 Å². The quantitative estimate of drug-likeness (QED) is 0.182. The lowest BCUT2D eigenvalue weighted by atomic mass is 9.34. The molecular weight excluding hydrogens is 581 g/mol. The fourth-order valence-electron chi connectivity index (χ4n) is 8.77. The van der Waals surface area contributed by atoms with Crippen LogP contribution in [0.25, 0.3) is 55.0 Å². The predicted octanol–water partition coefficient (Wildman–Crippen LogP) is 9.11. The Morgan fingerprint density at radius 1 is 0.438 bits per heavy atom. The molecule has 0 fully saturated rings. The number of aromatic nitrogens is 2. The molecule has 0 bridgehead atoms. The van der Waals surface area contributed by atoms with Crippen LogP contribution < -0.4 is 21.3 Å². The highest BCUT2D eigenvalue weighted by atomic mass is 15.2. The number of anilines is 3. The molecule has 3 nitrogen and oxygen atoms in total. The van der Waals surface area contributed by atoms with Gasteiger partial charge in [-0.2, -0.15) is 0 Å². The van der Waals surface area contributed by atoms with Crippen LogP contribution in [0.2, 0.25) is 0 Å². The van der Waals surface area contributed by atoms with Crippen LogP contribution in [0.3, 0.4) is 0 Å². The van der Waals surface area contributed by atoms with Crippen molar-refractivity contribution in [2.45, 2.75) is 13.8 Å². The van der Waals surface area contributed by atoms with Gasteiger partial charge in [0.2, 0.25) is 0 Å². The van der Waals surface area contributed by atoms with Gasteiger partial charge in [0.25, 0.3) is 6.71 Å². The summed E-state index contributed by atoms with van der Waals surface area (Å²) in [5, 5.41) is 5.22. The van der Waals surface area contributed by atoms with Crippen LogP contribution in [0.15, 0.2) is 146 Å². The molecule has 7 aromatic carbocycles. The first-order chi connectivity index (χ1) is 23.7. The number of hydrogen-bond donors (Lipinski definition) is 0. The molecule has 11 rings (SSSR count). The number of aryl methyl sites for hydroxylation is 2. The summed E-state index contributed by atoms with van der Waals surface area (Å²) in [6.07, 6.45) is 0. The summed E-state index contributed by atoms with van der Waals surface area (Å²) in [7, 11) is 0. The summed E-state index contributed by atoms with van der Waals surface area (Å²) >= 11 is 0. The van der Waals surface area contributed by atoms with E-state index in [0.29, 0.717) is 0 Å². The van der Waals surface area contributed by atoms with Gasteiger partial charge in [-0.25, -0.2) is 0 Å². The summed E-state index contributed by atoms with van der Waals surface area (Å²) in [6, 6.07) is 54.5. The fourth-order valence-corrected chi connectivity index (χ4v) is 8.77. The standard InChI is InChI=1S/C44H30BN3/c1-27-17-21-29(22-18-27)46(30-23-19-28(2)20-24-30)31-25-40-42-41(26-31)48-39-16-6-4-10-33(39)35-12-8-14-37(44(35)48)45(42)36-13-7-11-34-32-9-3-5-15-38(32)47(40)43(34)36/h3-26H,1-2H3. The second kappa shape index (κ2) is 9.30. The molecule has 48 heavy (non-hydrogen) atoms. The van der Waals surface area contributed by atoms with E-state index in [1.165, 1.54) is 82.5 Å². The lowest BCUT2D eigenvalue weighted by Crippen LogP contribution is -2.59. The molecule has 2 aliphatic heterocycles. The normalized spacial score (nSPS) is 12.8. The summed E-state index contributed by atoms with van der Waals surface area (Å²) in [5.41, 5.74) is 17.7. The molecule has 0 saturated heterocycles. The van der Waals surface area contributed by atoms with Crippen molar-refractivity contribution < 1.29 is 0 Å². The van der Waals surface area contributed by atoms with Crippen LogP contribution in [0.1, 0.15) is 11.1 Å². The molecule has 224 valence electrons. The first-order valence-electron chi connectivity index (χ1n) is 16.8. The highest BCUT2D eigenvalue weighted by molar-refractivity contribution is 7.00. The number of benzene rings is 7. The van der Waals surface area contributed by atoms with Gasteiger partial charge < -0.3 is 14.0 Å². The summed E-state index contributed by atoms with van der Waals surface area (Å²) in [6.45, 7) is 4.43. The lowest BCUT2D eigenvalue weighted by molar-refractivity contribution is 1.13. The van der Waals surface area contributed by atoms with Crippen molar-refractivity contribution in [2.24, 2.45) is 0 Å². The maximum Gasteiger partial charge on any atom is 0.252 e. The molecule has 0 aliphatic carbocycles. The fraction of sp³-hybridized carbons (Fsp3) is 0.0455. The van der Waals surface area contributed by atoms with E-state index in [1.54, 1.807) is 0 Å². The molecule has 2 aromatic heterocycles. The number of rotatable bonds is 3. The summed E-state index contributed by atoms with van der Waals surface area (Å²) < 4.78 is 5.11. The van der Waals surface area contributed by atoms with E-state index in [-0.39, 0.29) is 6.71 Å². The third kappa shape index (κ3) is 3.29. The number of para-hydroxylation sites is 4. The highest BCUT2D eigenvalue weighted by Crippen LogP contribution is 2.43. The average Bonchev–Trinajstić information content (AvgIpc) is 3.65. The van der Waals surface area contributed by atoms with Crippen LogP contribution in [0.5, 0.6) is 0 Å². The van der Waals surface area contributed by atoms with Gasteiger partial charge >= 0.3 is 0 Å². The van der Waals surface area contributed by atoms with Crippen molar-refractivity contribution in [3.63, 3.8) is 0 Å². The first-order valence-corrected chi connectivity index (χ1v) is 16.8. The molecule has 0 amide bonds. The van der Waals surface area contributed by atoms with Gasteiger partial charge in [-0.05, 0) is 78.8 Å². The molecule has 4 heterocycles. The molecule has 2 aliphatic rings. The smallest absolute Gasteiger partial charge is 0.252 e. The van der Waals surface area contributed by atoms with Crippen molar-refractivity contribution in [3.05, 3.63) is 157 Å². The van der Waals surface area contributed by atoms with E-state index >= 15 is 0 Å². The van der Waals surface area contributed by atoms with E-state index in [0.717, 1.165) is 17.1 Å². The third-order valence-corrected chi connectivity index (χ3v) is 10.8. The van der Waals surface area contributed by atoms with Gasteiger partial charge in [0, 0.05) is 55.3 Å². The monoisotopic (exact) mass is 611 g/mol. The summed E-state index contributed by atoms with van der Waals surface area (Å²) in [4.78, 5) is 2.43. The van der Waals surface area contributed by atoms with Crippen molar-refractivity contribution in [1.29, 1.82) is 0 Å². The van der Waals surface area contributed by atoms with E-state index in [1.807, 2.05) is 0 Å². The first kappa shape index (κ1) is 26.1. The Morgan fingerprint density at radius 3 is 1.35 bits per heavy atom. The second-order valence-corrected chi connectivity index (χ2v) is 13.5. The lowest BCUT2D eigenvalue weighted by Gasteiger charge is -2.35. The number of hydrogen-bond acceptors (Lipinski definition) is 1. The minimum atomic E-state index is 0.122.